The topological polar surface area (TPSA) is 79.4 Å². The van der Waals surface area contributed by atoms with Crippen molar-refractivity contribution in [3.63, 3.8) is 0 Å². The fourth-order valence-electron chi connectivity index (χ4n) is 1.80. The highest BCUT2D eigenvalue weighted by atomic mass is 32.2. The molecule has 1 N–H and O–H groups in total. The molecule has 6 nitrogen and oxygen atoms in total. The van der Waals surface area contributed by atoms with Gasteiger partial charge >= 0.3 is 0 Å². The molecule has 0 aromatic carbocycles. The molecule has 1 aromatic heterocycles. The number of aromatic nitrogens is 1. The Kier molecular flexibility index (Phi) is 7.31. The maximum absolute atomic E-state index is 11.8. The summed E-state index contributed by atoms with van der Waals surface area (Å²) in [7, 11) is -3.32. The monoisotopic (exact) mass is 313 g/mol. The Bertz CT molecular complexity index is 532. The Hall–Kier alpha value is -1.47. The van der Waals surface area contributed by atoms with Gasteiger partial charge in [-0.05, 0) is 24.1 Å². The van der Waals surface area contributed by atoms with Gasteiger partial charge in [-0.1, -0.05) is 13.3 Å². The molecule has 0 spiro atoms. The van der Waals surface area contributed by atoms with E-state index in [2.05, 4.69) is 10.3 Å². The van der Waals surface area contributed by atoms with Crippen LogP contribution in [0.2, 0.25) is 0 Å². The van der Waals surface area contributed by atoms with E-state index in [4.69, 9.17) is 0 Å². The van der Waals surface area contributed by atoms with Crippen molar-refractivity contribution in [3.05, 3.63) is 30.1 Å². The third-order valence-electron chi connectivity index (χ3n) is 3.02. The highest BCUT2D eigenvalue weighted by Crippen LogP contribution is 2.06. The second kappa shape index (κ2) is 8.74. The van der Waals surface area contributed by atoms with Gasteiger partial charge in [0.2, 0.25) is 15.9 Å². The minimum Gasteiger partial charge on any atom is -0.355 e. The zero-order valence-electron chi connectivity index (χ0n) is 12.6. The molecule has 0 atom stereocenters. The maximum atomic E-state index is 11.8. The zero-order valence-corrected chi connectivity index (χ0v) is 13.4. The first-order valence-electron chi connectivity index (χ1n) is 7.04. The summed E-state index contributed by atoms with van der Waals surface area (Å²) in [5.74, 6) is -0.0331. The van der Waals surface area contributed by atoms with Crippen LogP contribution >= 0.6 is 0 Å². The van der Waals surface area contributed by atoms with Gasteiger partial charge < -0.3 is 5.32 Å². The zero-order chi connectivity index (χ0) is 15.7. The van der Waals surface area contributed by atoms with Gasteiger partial charge in [0, 0.05) is 38.4 Å². The molecule has 21 heavy (non-hydrogen) atoms. The molecule has 0 aliphatic heterocycles. The molecule has 0 fully saturated rings. The predicted molar refractivity (Wildman–Crippen MR) is 82.0 cm³/mol. The van der Waals surface area contributed by atoms with Crippen molar-refractivity contribution in [1.82, 2.24) is 14.6 Å². The van der Waals surface area contributed by atoms with Crippen molar-refractivity contribution in [3.8, 4) is 0 Å². The van der Waals surface area contributed by atoms with Gasteiger partial charge in [0.25, 0.3) is 0 Å². The highest BCUT2D eigenvalue weighted by molar-refractivity contribution is 7.88. The van der Waals surface area contributed by atoms with E-state index in [0.29, 0.717) is 13.0 Å². The van der Waals surface area contributed by atoms with Crippen LogP contribution in [0.3, 0.4) is 0 Å². The standard InChI is InChI=1S/C14H23N3O3S/c1-3-4-5-14(18)16-10-11-17(21(2,19)20)12-13-6-8-15-9-7-13/h6-9H,3-5,10-12H2,1-2H3,(H,16,18). The summed E-state index contributed by atoms with van der Waals surface area (Å²) >= 11 is 0. The Morgan fingerprint density at radius 2 is 2.00 bits per heavy atom. The molecule has 1 amide bonds. The molecule has 0 aliphatic rings. The predicted octanol–water partition coefficient (Wildman–Crippen LogP) is 1.15. The van der Waals surface area contributed by atoms with E-state index in [1.54, 1.807) is 24.5 Å². The first-order valence-corrected chi connectivity index (χ1v) is 8.89. The van der Waals surface area contributed by atoms with Gasteiger partial charge in [-0.15, -0.1) is 0 Å². The molecule has 7 heteroatoms. The van der Waals surface area contributed by atoms with E-state index in [-0.39, 0.29) is 19.0 Å². The molecule has 0 saturated carbocycles. The molecule has 1 aromatic rings. The summed E-state index contributed by atoms with van der Waals surface area (Å²) in [6.45, 7) is 2.89. The summed E-state index contributed by atoms with van der Waals surface area (Å²) < 4.78 is 24.9. The van der Waals surface area contributed by atoms with Crippen LogP contribution in [0.5, 0.6) is 0 Å². The van der Waals surface area contributed by atoms with Crippen molar-refractivity contribution in [1.29, 1.82) is 0 Å². The van der Waals surface area contributed by atoms with Crippen LogP contribution in [-0.4, -0.2) is 43.0 Å². The van der Waals surface area contributed by atoms with Crippen molar-refractivity contribution >= 4 is 15.9 Å². The van der Waals surface area contributed by atoms with Crippen molar-refractivity contribution < 1.29 is 13.2 Å². The number of unbranched alkanes of at least 4 members (excludes halogenated alkanes) is 1. The second-order valence-corrected chi connectivity index (χ2v) is 6.89. The summed E-state index contributed by atoms with van der Waals surface area (Å²) in [6, 6.07) is 3.55. The first kappa shape index (κ1) is 17.6. The lowest BCUT2D eigenvalue weighted by molar-refractivity contribution is -0.121. The number of amides is 1. The first-order chi connectivity index (χ1) is 9.93. The molecule has 0 radical (unpaired) electrons. The van der Waals surface area contributed by atoms with Crippen LogP contribution in [0.25, 0.3) is 0 Å². The molecule has 0 saturated heterocycles. The highest BCUT2D eigenvalue weighted by Gasteiger charge is 2.16. The van der Waals surface area contributed by atoms with Gasteiger partial charge in [-0.2, -0.15) is 4.31 Å². The molecule has 0 bridgehead atoms. The van der Waals surface area contributed by atoms with E-state index >= 15 is 0 Å². The lowest BCUT2D eigenvalue weighted by Gasteiger charge is -2.20. The Morgan fingerprint density at radius 3 is 2.57 bits per heavy atom. The number of rotatable bonds is 9. The summed E-state index contributed by atoms with van der Waals surface area (Å²) in [5.41, 5.74) is 0.868. The summed E-state index contributed by atoms with van der Waals surface area (Å²) in [4.78, 5) is 15.4. The molecule has 1 rings (SSSR count). The number of pyridine rings is 1. The molecule has 0 aliphatic carbocycles. The van der Waals surface area contributed by atoms with Gasteiger partial charge in [0.15, 0.2) is 0 Å². The van der Waals surface area contributed by atoms with Crippen LogP contribution in [0.4, 0.5) is 0 Å². The normalized spacial score (nSPS) is 11.6. The second-order valence-electron chi connectivity index (χ2n) is 4.91. The molecule has 1 heterocycles. The minimum absolute atomic E-state index is 0.0331. The average Bonchev–Trinajstić information content (AvgIpc) is 2.44. The molecular weight excluding hydrogens is 290 g/mol. The number of hydrogen-bond acceptors (Lipinski definition) is 4. The van der Waals surface area contributed by atoms with Crippen molar-refractivity contribution in [2.45, 2.75) is 32.7 Å². The van der Waals surface area contributed by atoms with E-state index in [1.807, 2.05) is 6.92 Å². The number of hydrogen-bond donors (Lipinski definition) is 1. The van der Waals surface area contributed by atoms with E-state index in [0.717, 1.165) is 18.4 Å². The Morgan fingerprint density at radius 1 is 1.33 bits per heavy atom. The Labute approximate surface area is 126 Å². The maximum Gasteiger partial charge on any atom is 0.220 e. The summed E-state index contributed by atoms with van der Waals surface area (Å²) in [6.07, 6.45) is 6.72. The fourth-order valence-corrected chi connectivity index (χ4v) is 2.61. The SMILES string of the molecule is CCCCC(=O)NCCN(Cc1ccncc1)S(C)(=O)=O. The minimum atomic E-state index is -3.32. The molecular formula is C14H23N3O3S. The third kappa shape index (κ3) is 7.19. The number of carbonyl (C=O) groups is 1. The van der Waals surface area contributed by atoms with Gasteiger partial charge in [-0.25, -0.2) is 8.42 Å². The van der Waals surface area contributed by atoms with Crippen LogP contribution in [-0.2, 0) is 21.4 Å². The van der Waals surface area contributed by atoms with Crippen LogP contribution in [0.1, 0.15) is 31.7 Å². The lowest BCUT2D eigenvalue weighted by Crippen LogP contribution is -2.37. The third-order valence-corrected chi connectivity index (χ3v) is 4.27. The molecule has 0 unspecified atom stereocenters. The number of sulfonamides is 1. The lowest BCUT2D eigenvalue weighted by atomic mass is 10.2. The van der Waals surface area contributed by atoms with Crippen molar-refractivity contribution in [2.75, 3.05) is 19.3 Å². The van der Waals surface area contributed by atoms with Gasteiger partial charge in [0.05, 0.1) is 6.26 Å². The average molecular weight is 313 g/mol. The quantitative estimate of drug-likeness (QED) is 0.741. The van der Waals surface area contributed by atoms with E-state index in [1.165, 1.54) is 10.6 Å². The van der Waals surface area contributed by atoms with Crippen molar-refractivity contribution in [2.24, 2.45) is 0 Å². The van der Waals surface area contributed by atoms with Crippen LogP contribution < -0.4 is 5.32 Å². The largest absolute Gasteiger partial charge is 0.355 e. The van der Waals surface area contributed by atoms with Crippen LogP contribution in [0.15, 0.2) is 24.5 Å². The summed E-state index contributed by atoms with van der Waals surface area (Å²) in [5, 5.41) is 2.75. The number of carbonyl (C=O) groups excluding carboxylic acids is 1. The number of nitrogens with one attached hydrogen (secondary N) is 1. The fraction of sp³-hybridized carbons (Fsp3) is 0.571. The van der Waals surface area contributed by atoms with E-state index in [9.17, 15) is 13.2 Å². The Balaban J connectivity index is 2.50. The van der Waals surface area contributed by atoms with E-state index < -0.39 is 10.0 Å². The smallest absolute Gasteiger partial charge is 0.220 e. The van der Waals surface area contributed by atoms with Crippen LogP contribution in [0, 0.1) is 0 Å². The van der Waals surface area contributed by atoms with Gasteiger partial charge in [-0.3, -0.25) is 9.78 Å². The number of nitrogens with zero attached hydrogens (tertiary/aromatic N) is 2. The molecule has 118 valence electrons. The van der Waals surface area contributed by atoms with Gasteiger partial charge in [0.1, 0.15) is 0 Å².